The Morgan fingerprint density at radius 3 is 2.53 bits per heavy atom. The number of nitrogens with one attached hydrogen (secondary N) is 3. The minimum atomic E-state index is -4.26. The topological polar surface area (TPSA) is 73.5 Å². The third kappa shape index (κ3) is 5.57. The highest BCUT2D eigenvalue weighted by Crippen LogP contribution is 2.40. The Hall–Kier alpha value is -2.00. The lowest BCUT2D eigenvalue weighted by Gasteiger charge is -2.48. The number of piperidine rings is 1. The number of rotatable bonds is 5. The largest absolute Gasteiger partial charge is 0.401 e. The predicted octanol–water partition coefficient (Wildman–Crippen LogP) is 3.23. The number of urea groups is 1. The van der Waals surface area contributed by atoms with Crippen LogP contribution < -0.4 is 16.0 Å². The Kier molecular flexibility index (Phi) is 6.52. The number of carbonyl (C=O) groups excluding carboxylic acids is 2. The summed E-state index contributed by atoms with van der Waals surface area (Å²) in [5.74, 6) is -0.400. The van der Waals surface area contributed by atoms with Gasteiger partial charge in [-0.15, -0.1) is 0 Å². The summed E-state index contributed by atoms with van der Waals surface area (Å²) >= 11 is 6.00. The van der Waals surface area contributed by atoms with Crippen LogP contribution >= 0.6 is 11.6 Å². The number of halogens is 4. The second kappa shape index (κ2) is 8.63. The summed E-state index contributed by atoms with van der Waals surface area (Å²) in [6, 6.07) is 5.57. The van der Waals surface area contributed by atoms with Crippen LogP contribution in [-0.2, 0) is 4.79 Å². The molecular weight excluding hydrogens is 421 g/mol. The Morgan fingerprint density at radius 2 is 2.00 bits per heavy atom. The molecule has 0 bridgehead atoms. The van der Waals surface area contributed by atoms with Crippen LogP contribution in [-0.4, -0.2) is 54.2 Å². The van der Waals surface area contributed by atoms with Crippen molar-refractivity contribution in [3.63, 3.8) is 0 Å². The second-order valence-electron chi connectivity index (χ2n) is 8.55. The molecule has 0 saturated carbocycles. The molecule has 2 aliphatic rings. The number of likely N-dealkylation sites (tertiary alicyclic amines) is 1. The fourth-order valence-electron chi connectivity index (χ4n) is 4.30. The lowest BCUT2D eigenvalue weighted by molar-refractivity contribution is -0.164. The van der Waals surface area contributed by atoms with Crippen LogP contribution in [0.5, 0.6) is 0 Å². The molecule has 1 aromatic carbocycles. The van der Waals surface area contributed by atoms with Crippen molar-refractivity contribution < 1.29 is 22.8 Å². The molecule has 3 atom stereocenters. The zero-order valence-corrected chi connectivity index (χ0v) is 17.6. The van der Waals surface area contributed by atoms with Crippen LogP contribution in [0.25, 0.3) is 0 Å². The highest BCUT2D eigenvalue weighted by molar-refractivity contribution is 6.30. The van der Waals surface area contributed by atoms with Crippen molar-refractivity contribution in [3.05, 3.63) is 34.9 Å². The SMILES string of the molecule is CC1(C)C[C@@H]([C@@H](NC(=O)[C@@H]2CNC(=O)N2)c2ccc(Cl)cc2)CCN1CC(F)(F)F. The first-order valence-corrected chi connectivity index (χ1v) is 10.2. The van der Waals surface area contributed by atoms with Gasteiger partial charge in [0.25, 0.3) is 0 Å². The quantitative estimate of drug-likeness (QED) is 0.650. The van der Waals surface area contributed by atoms with Crippen LogP contribution in [0.4, 0.5) is 18.0 Å². The van der Waals surface area contributed by atoms with Crippen LogP contribution in [0.2, 0.25) is 5.02 Å². The Bertz CT molecular complexity index is 785. The van der Waals surface area contributed by atoms with Gasteiger partial charge in [0.2, 0.25) is 5.91 Å². The molecule has 0 unspecified atom stereocenters. The molecule has 0 aromatic heterocycles. The first-order valence-electron chi connectivity index (χ1n) is 9.87. The standard InChI is InChI=1S/C20H26ClF3N4O2/c1-19(2)9-13(7-8-28(19)11-20(22,23)24)16(12-3-5-14(21)6-4-12)27-17(29)15-10-25-18(30)26-15/h3-6,13,15-16H,7-11H2,1-2H3,(H,27,29)(H2,25,26,30)/t13-,15-,16-/m0/s1. The van der Waals surface area contributed by atoms with Crippen molar-refractivity contribution in [3.8, 4) is 0 Å². The molecule has 2 aliphatic heterocycles. The van der Waals surface area contributed by atoms with E-state index in [1.807, 2.05) is 12.1 Å². The van der Waals surface area contributed by atoms with Gasteiger partial charge in [0.05, 0.1) is 12.6 Å². The summed E-state index contributed by atoms with van der Waals surface area (Å²) in [7, 11) is 0. The number of hydrogen-bond donors (Lipinski definition) is 3. The third-order valence-electron chi connectivity index (χ3n) is 5.84. The summed E-state index contributed by atoms with van der Waals surface area (Å²) in [6.45, 7) is 3.11. The molecule has 0 radical (unpaired) electrons. The van der Waals surface area contributed by atoms with Gasteiger partial charge in [-0.1, -0.05) is 23.7 Å². The van der Waals surface area contributed by atoms with E-state index in [1.54, 1.807) is 26.0 Å². The molecule has 2 heterocycles. The molecule has 30 heavy (non-hydrogen) atoms. The van der Waals surface area contributed by atoms with Crippen LogP contribution in [0.15, 0.2) is 24.3 Å². The molecule has 2 fully saturated rings. The number of hydrogen-bond acceptors (Lipinski definition) is 3. The minimum Gasteiger partial charge on any atom is -0.347 e. The second-order valence-corrected chi connectivity index (χ2v) is 8.98. The third-order valence-corrected chi connectivity index (χ3v) is 6.10. The molecule has 2 saturated heterocycles. The van der Waals surface area contributed by atoms with E-state index in [4.69, 9.17) is 11.6 Å². The van der Waals surface area contributed by atoms with E-state index in [0.29, 0.717) is 17.9 Å². The van der Waals surface area contributed by atoms with Crippen molar-refractivity contribution in [2.24, 2.45) is 5.92 Å². The molecule has 3 N–H and O–H groups in total. The van der Waals surface area contributed by atoms with E-state index in [9.17, 15) is 22.8 Å². The average molecular weight is 447 g/mol. The molecule has 1 aromatic rings. The number of nitrogens with zero attached hydrogens (tertiary/aromatic N) is 1. The van der Waals surface area contributed by atoms with Crippen molar-refractivity contribution in [1.82, 2.24) is 20.9 Å². The van der Waals surface area contributed by atoms with E-state index in [0.717, 1.165) is 5.56 Å². The Balaban J connectivity index is 1.79. The van der Waals surface area contributed by atoms with E-state index < -0.39 is 36.4 Å². The van der Waals surface area contributed by atoms with E-state index in [1.165, 1.54) is 4.90 Å². The summed E-state index contributed by atoms with van der Waals surface area (Å²) in [5.41, 5.74) is 0.145. The zero-order valence-electron chi connectivity index (χ0n) is 16.9. The fourth-order valence-corrected chi connectivity index (χ4v) is 4.43. The van der Waals surface area contributed by atoms with Crippen LogP contribution in [0.1, 0.15) is 38.3 Å². The van der Waals surface area contributed by atoms with Gasteiger partial charge in [-0.3, -0.25) is 9.69 Å². The van der Waals surface area contributed by atoms with Gasteiger partial charge in [0.1, 0.15) is 6.04 Å². The average Bonchev–Trinajstić information content (AvgIpc) is 3.07. The van der Waals surface area contributed by atoms with Crippen molar-refractivity contribution in [2.75, 3.05) is 19.6 Å². The monoisotopic (exact) mass is 446 g/mol. The normalized spacial score (nSPS) is 25.3. The molecule has 166 valence electrons. The summed E-state index contributed by atoms with van der Waals surface area (Å²) in [4.78, 5) is 25.6. The van der Waals surface area contributed by atoms with Gasteiger partial charge in [-0.25, -0.2) is 4.79 Å². The molecule has 6 nitrogen and oxygen atoms in total. The van der Waals surface area contributed by atoms with Gasteiger partial charge >= 0.3 is 12.2 Å². The first-order chi connectivity index (χ1) is 13.9. The number of alkyl halides is 3. The maximum absolute atomic E-state index is 13.0. The Labute approximate surface area is 178 Å². The lowest BCUT2D eigenvalue weighted by Crippen LogP contribution is -2.55. The summed E-state index contributed by atoms with van der Waals surface area (Å²) in [6.07, 6.45) is -3.28. The maximum atomic E-state index is 13.0. The smallest absolute Gasteiger partial charge is 0.347 e. The van der Waals surface area contributed by atoms with Crippen molar-refractivity contribution >= 4 is 23.5 Å². The lowest BCUT2D eigenvalue weighted by atomic mass is 9.77. The predicted molar refractivity (Wildman–Crippen MR) is 107 cm³/mol. The molecule has 0 spiro atoms. The van der Waals surface area contributed by atoms with Crippen LogP contribution in [0.3, 0.4) is 0 Å². The van der Waals surface area contributed by atoms with Crippen molar-refractivity contribution in [1.29, 1.82) is 0 Å². The van der Waals surface area contributed by atoms with E-state index in [-0.39, 0.29) is 24.9 Å². The van der Waals surface area contributed by atoms with Gasteiger partial charge in [0, 0.05) is 17.1 Å². The molecule has 3 amide bonds. The highest BCUT2D eigenvalue weighted by Gasteiger charge is 2.43. The molecule has 3 rings (SSSR count). The summed E-state index contributed by atoms with van der Waals surface area (Å²) in [5, 5.41) is 8.67. The van der Waals surface area contributed by atoms with E-state index in [2.05, 4.69) is 16.0 Å². The molecule has 10 heteroatoms. The van der Waals surface area contributed by atoms with Gasteiger partial charge in [-0.05, 0) is 56.8 Å². The molecular formula is C20H26ClF3N4O2. The first kappa shape index (κ1) is 22.7. The minimum absolute atomic E-state index is 0.0697. The highest BCUT2D eigenvalue weighted by atomic mass is 35.5. The molecule has 0 aliphatic carbocycles. The van der Waals surface area contributed by atoms with Gasteiger partial charge in [0.15, 0.2) is 0 Å². The maximum Gasteiger partial charge on any atom is 0.401 e. The van der Waals surface area contributed by atoms with Gasteiger partial charge in [-0.2, -0.15) is 13.2 Å². The summed E-state index contributed by atoms with van der Waals surface area (Å²) < 4.78 is 38.9. The van der Waals surface area contributed by atoms with Gasteiger partial charge < -0.3 is 16.0 Å². The number of benzene rings is 1. The number of amides is 3. The van der Waals surface area contributed by atoms with E-state index >= 15 is 0 Å². The number of carbonyl (C=O) groups is 2. The van der Waals surface area contributed by atoms with Crippen LogP contribution in [0, 0.1) is 5.92 Å². The van der Waals surface area contributed by atoms with Crippen molar-refractivity contribution in [2.45, 2.75) is 50.5 Å². The zero-order chi connectivity index (χ0) is 22.1. The fraction of sp³-hybridized carbons (Fsp3) is 0.600. The Morgan fingerprint density at radius 1 is 1.33 bits per heavy atom.